The summed E-state index contributed by atoms with van der Waals surface area (Å²) in [6.07, 6.45) is 0. The molecule has 0 spiro atoms. The number of rotatable bonds is 5. The van der Waals surface area contributed by atoms with Crippen molar-refractivity contribution in [3.8, 4) is 0 Å². The molecule has 1 N–H and O–H groups in total. The van der Waals surface area contributed by atoms with Crippen LogP contribution in [0, 0.1) is 6.92 Å². The Morgan fingerprint density at radius 1 is 0.714 bits per heavy atom. The molecule has 0 amide bonds. The van der Waals surface area contributed by atoms with Gasteiger partial charge in [0.25, 0.3) is 10.0 Å². The van der Waals surface area contributed by atoms with Crippen LogP contribution >= 0.6 is 11.8 Å². The quantitative estimate of drug-likeness (QED) is 0.436. The second-order valence-corrected chi connectivity index (χ2v) is 9.38. The number of hydrogen-bond acceptors (Lipinski definition) is 3. The van der Waals surface area contributed by atoms with Gasteiger partial charge in [-0.2, -0.15) is 0 Å². The van der Waals surface area contributed by atoms with Gasteiger partial charge in [0.1, 0.15) is 0 Å². The van der Waals surface area contributed by atoms with Crippen molar-refractivity contribution in [2.45, 2.75) is 21.6 Å². The maximum atomic E-state index is 12.7. The summed E-state index contributed by atoms with van der Waals surface area (Å²) in [5.41, 5.74) is 1.77. The number of nitrogens with one attached hydrogen (secondary N) is 1. The van der Waals surface area contributed by atoms with Gasteiger partial charge in [0.05, 0.1) is 4.90 Å². The van der Waals surface area contributed by atoms with E-state index in [-0.39, 0.29) is 4.90 Å². The Balaban J connectivity index is 1.51. The third-order valence-corrected chi connectivity index (χ3v) is 6.79. The zero-order valence-corrected chi connectivity index (χ0v) is 16.9. The summed E-state index contributed by atoms with van der Waals surface area (Å²) in [6.45, 7) is 2.06. The summed E-state index contributed by atoms with van der Waals surface area (Å²) in [7, 11) is -3.64. The normalized spacial score (nSPS) is 11.5. The molecule has 3 nitrogen and oxygen atoms in total. The molecule has 0 atom stereocenters. The number of aryl methyl sites for hydroxylation is 1. The molecule has 0 heterocycles. The zero-order valence-electron chi connectivity index (χ0n) is 15.3. The van der Waals surface area contributed by atoms with Crippen LogP contribution in [0.4, 0.5) is 5.69 Å². The third-order valence-electron chi connectivity index (χ3n) is 4.39. The van der Waals surface area contributed by atoms with E-state index in [1.165, 1.54) is 5.56 Å². The largest absolute Gasteiger partial charge is 0.280 e. The minimum Gasteiger partial charge on any atom is -0.280 e. The van der Waals surface area contributed by atoms with Crippen LogP contribution < -0.4 is 4.72 Å². The van der Waals surface area contributed by atoms with Crippen LogP contribution in [0.25, 0.3) is 10.8 Å². The van der Waals surface area contributed by atoms with Crippen LogP contribution in [0.5, 0.6) is 0 Å². The number of anilines is 1. The Labute approximate surface area is 169 Å². The van der Waals surface area contributed by atoms with E-state index in [1.54, 1.807) is 36.0 Å². The van der Waals surface area contributed by atoms with Gasteiger partial charge < -0.3 is 0 Å². The molecule has 5 heteroatoms. The molecule has 0 radical (unpaired) electrons. The molecule has 4 aromatic rings. The Morgan fingerprint density at radius 3 is 2.00 bits per heavy atom. The van der Waals surface area contributed by atoms with Crippen molar-refractivity contribution in [2.75, 3.05) is 4.72 Å². The Kier molecular flexibility index (Phi) is 5.11. The lowest BCUT2D eigenvalue weighted by molar-refractivity contribution is 0.601. The molecular weight excluding hydrogens is 386 g/mol. The highest BCUT2D eigenvalue weighted by Gasteiger charge is 2.14. The molecular formula is C23H19NO2S2. The maximum Gasteiger partial charge on any atom is 0.261 e. The first-order valence-electron chi connectivity index (χ1n) is 8.86. The summed E-state index contributed by atoms with van der Waals surface area (Å²) >= 11 is 1.64. The second-order valence-electron chi connectivity index (χ2n) is 6.55. The smallest absolute Gasteiger partial charge is 0.261 e. The van der Waals surface area contributed by atoms with E-state index in [0.29, 0.717) is 5.69 Å². The summed E-state index contributed by atoms with van der Waals surface area (Å²) in [6, 6.07) is 28.6. The van der Waals surface area contributed by atoms with Gasteiger partial charge in [-0.25, -0.2) is 8.42 Å². The fraction of sp³-hybridized carbons (Fsp3) is 0.0435. The van der Waals surface area contributed by atoms with Gasteiger partial charge in [0.15, 0.2) is 0 Å². The van der Waals surface area contributed by atoms with E-state index in [9.17, 15) is 8.42 Å². The minimum atomic E-state index is -3.64. The minimum absolute atomic E-state index is 0.254. The number of fused-ring (bicyclic) bond motifs is 1. The Morgan fingerprint density at radius 2 is 1.32 bits per heavy atom. The van der Waals surface area contributed by atoms with Crippen LogP contribution in [-0.4, -0.2) is 8.42 Å². The lowest BCUT2D eigenvalue weighted by Gasteiger charge is -2.10. The Hall–Kier alpha value is -2.76. The fourth-order valence-corrected chi connectivity index (χ4v) is 4.79. The highest BCUT2D eigenvalue weighted by atomic mass is 32.2. The molecule has 0 fully saturated rings. The predicted octanol–water partition coefficient (Wildman–Crippen LogP) is 6.10. The lowest BCUT2D eigenvalue weighted by Crippen LogP contribution is -2.12. The molecule has 0 aliphatic heterocycles. The third kappa shape index (κ3) is 4.21. The van der Waals surface area contributed by atoms with Gasteiger partial charge in [0.2, 0.25) is 0 Å². The second kappa shape index (κ2) is 7.70. The molecule has 4 rings (SSSR count). The first kappa shape index (κ1) is 18.6. The zero-order chi connectivity index (χ0) is 19.6. The molecule has 0 aromatic heterocycles. The molecule has 140 valence electrons. The van der Waals surface area contributed by atoms with Crippen molar-refractivity contribution in [1.82, 2.24) is 0 Å². The van der Waals surface area contributed by atoms with Gasteiger partial charge in [0, 0.05) is 15.5 Å². The van der Waals surface area contributed by atoms with Crippen molar-refractivity contribution >= 4 is 38.2 Å². The Bertz CT molecular complexity index is 1220. The average molecular weight is 406 g/mol. The topological polar surface area (TPSA) is 46.2 Å². The van der Waals surface area contributed by atoms with Crippen LogP contribution in [0.15, 0.2) is 106 Å². The van der Waals surface area contributed by atoms with Crippen molar-refractivity contribution in [3.05, 3.63) is 96.6 Å². The van der Waals surface area contributed by atoms with Gasteiger partial charge in [-0.05, 0) is 66.2 Å². The van der Waals surface area contributed by atoms with Crippen LogP contribution in [0.3, 0.4) is 0 Å². The summed E-state index contributed by atoms with van der Waals surface area (Å²) < 4.78 is 28.1. The molecule has 0 saturated heterocycles. The molecule has 0 aliphatic rings. The maximum absolute atomic E-state index is 12.7. The predicted molar refractivity (Wildman–Crippen MR) is 117 cm³/mol. The molecule has 28 heavy (non-hydrogen) atoms. The van der Waals surface area contributed by atoms with E-state index in [2.05, 4.69) is 35.9 Å². The number of benzene rings is 4. The van der Waals surface area contributed by atoms with E-state index in [0.717, 1.165) is 20.6 Å². The standard InChI is InChI=1S/C23H19NO2S2/c1-17-6-11-21(12-7-17)27-22-13-9-20(10-14-22)24-28(25,26)23-15-8-18-4-2-3-5-19(18)16-23/h2-16,24H,1H3. The molecule has 0 unspecified atom stereocenters. The first-order chi connectivity index (χ1) is 13.5. The van der Waals surface area contributed by atoms with Gasteiger partial charge in [-0.1, -0.05) is 59.8 Å². The van der Waals surface area contributed by atoms with Crippen LogP contribution in [0.1, 0.15) is 5.56 Å². The molecule has 0 aliphatic carbocycles. The van der Waals surface area contributed by atoms with Gasteiger partial charge in [-0.3, -0.25) is 4.72 Å². The highest BCUT2D eigenvalue weighted by molar-refractivity contribution is 7.99. The SMILES string of the molecule is Cc1ccc(Sc2ccc(NS(=O)(=O)c3ccc4ccccc4c3)cc2)cc1. The highest BCUT2D eigenvalue weighted by Crippen LogP contribution is 2.29. The fourth-order valence-electron chi connectivity index (χ4n) is 2.88. The van der Waals surface area contributed by atoms with E-state index < -0.39 is 10.0 Å². The molecule has 4 aromatic carbocycles. The van der Waals surface area contributed by atoms with Crippen LogP contribution in [-0.2, 0) is 10.0 Å². The summed E-state index contributed by atoms with van der Waals surface area (Å²) in [5, 5.41) is 1.91. The van der Waals surface area contributed by atoms with Crippen molar-refractivity contribution in [3.63, 3.8) is 0 Å². The summed E-state index contributed by atoms with van der Waals surface area (Å²) in [4.78, 5) is 2.46. The van der Waals surface area contributed by atoms with Crippen molar-refractivity contribution < 1.29 is 8.42 Å². The van der Waals surface area contributed by atoms with Gasteiger partial charge >= 0.3 is 0 Å². The van der Waals surface area contributed by atoms with E-state index >= 15 is 0 Å². The monoisotopic (exact) mass is 405 g/mol. The first-order valence-corrected chi connectivity index (χ1v) is 11.2. The van der Waals surface area contributed by atoms with Crippen molar-refractivity contribution in [1.29, 1.82) is 0 Å². The van der Waals surface area contributed by atoms with Gasteiger partial charge in [-0.15, -0.1) is 0 Å². The number of sulfonamides is 1. The van der Waals surface area contributed by atoms with E-state index in [1.807, 2.05) is 42.5 Å². The lowest BCUT2D eigenvalue weighted by atomic mass is 10.1. The van der Waals surface area contributed by atoms with E-state index in [4.69, 9.17) is 0 Å². The molecule has 0 saturated carbocycles. The number of hydrogen-bond donors (Lipinski definition) is 1. The van der Waals surface area contributed by atoms with Crippen LogP contribution in [0.2, 0.25) is 0 Å². The molecule has 0 bridgehead atoms. The van der Waals surface area contributed by atoms with Crippen molar-refractivity contribution in [2.24, 2.45) is 0 Å². The summed E-state index contributed by atoms with van der Waals surface area (Å²) in [5.74, 6) is 0. The average Bonchev–Trinajstić information content (AvgIpc) is 2.70.